The van der Waals surface area contributed by atoms with Crippen LogP contribution in [0, 0.1) is 0 Å². The summed E-state index contributed by atoms with van der Waals surface area (Å²) in [6.45, 7) is 1.47. The first kappa shape index (κ1) is 17.6. The lowest BCUT2D eigenvalue weighted by Gasteiger charge is -2.31. The maximum Gasteiger partial charge on any atom is 0.250 e. The van der Waals surface area contributed by atoms with Crippen molar-refractivity contribution in [1.82, 2.24) is 24.8 Å². The van der Waals surface area contributed by atoms with E-state index in [-0.39, 0.29) is 12.8 Å². The first-order chi connectivity index (χ1) is 13.0. The van der Waals surface area contributed by atoms with Crippen molar-refractivity contribution in [3.05, 3.63) is 36.2 Å². The number of likely N-dealkylation sites (tertiary alicyclic amines) is 1. The number of aromatic amines is 1. The molecule has 142 valence electrons. The molecule has 0 aliphatic carbocycles. The molecular weight excluding hydrogens is 352 g/mol. The van der Waals surface area contributed by atoms with E-state index >= 15 is 0 Å². The number of nitrogens with one attached hydrogen (secondary N) is 3. The van der Waals surface area contributed by atoms with Gasteiger partial charge in [0.05, 0.1) is 6.33 Å². The summed E-state index contributed by atoms with van der Waals surface area (Å²) in [6.07, 6.45) is 1.43. The van der Waals surface area contributed by atoms with Crippen LogP contribution < -0.4 is 10.6 Å². The molecule has 4 rings (SSSR count). The topological polar surface area (TPSA) is 81.8 Å². The molecule has 27 heavy (non-hydrogen) atoms. The lowest BCUT2D eigenvalue weighted by molar-refractivity contribution is -0.0566. The van der Waals surface area contributed by atoms with Crippen LogP contribution in [-0.4, -0.2) is 50.9 Å². The summed E-state index contributed by atoms with van der Waals surface area (Å²) in [7, 11) is 1.79. The Morgan fingerprint density at radius 3 is 2.81 bits per heavy atom. The van der Waals surface area contributed by atoms with Crippen LogP contribution in [0.2, 0.25) is 0 Å². The van der Waals surface area contributed by atoms with E-state index in [0.717, 1.165) is 16.8 Å². The van der Waals surface area contributed by atoms with Crippen molar-refractivity contribution >= 4 is 28.6 Å². The van der Waals surface area contributed by atoms with Crippen LogP contribution in [-0.2, 0) is 6.54 Å². The van der Waals surface area contributed by atoms with Crippen LogP contribution in [0.3, 0.4) is 0 Å². The van der Waals surface area contributed by atoms with Gasteiger partial charge in [0.2, 0.25) is 5.95 Å². The molecule has 0 radical (unpaired) electrons. The Bertz CT molecular complexity index is 930. The minimum Gasteiger partial charge on any atom is -0.371 e. The Morgan fingerprint density at radius 2 is 2.04 bits per heavy atom. The third-order valence-electron chi connectivity index (χ3n) is 4.70. The quantitative estimate of drug-likeness (QED) is 0.636. The van der Waals surface area contributed by atoms with Crippen molar-refractivity contribution in [2.45, 2.75) is 25.3 Å². The standard InChI is InChI=1S/C18H21F2N7/c1-21-15-14-16(23-11-22-14)26-17(25-15)24-13-4-2-3-12(9-13)10-27-7-5-18(19,20)6-8-27/h2-4,9,11H,5-8,10H2,1H3,(H3,21,22,23,24,25,26). The zero-order chi connectivity index (χ0) is 18.9. The van der Waals surface area contributed by atoms with Gasteiger partial charge < -0.3 is 15.6 Å². The van der Waals surface area contributed by atoms with Gasteiger partial charge in [-0.3, -0.25) is 4.90 Å². The highest BCUT2D eigenvalue weighted by atomic mass is 19.3. The zero-order valence-corrected chi connectivity index (χ0v) is 15.0. The number of alkyl halides is 2. The van der Waals surface area contributed by atoms with E-state index in [0.29, 0.717) is 37.0 Å². The Balaban J connectivity index is 1.48. The Labute approximate surface area is 155 Å². The molecule has 1 aromatic carbocycles. The van der Waals surface area contributed by atoms with E-state index in [1.165, 1.54) is 0 Å². The van der Waals surface area contributed by atoms with Crippen molar-refractivity contribution < 1.29 is 8.78 Å². The Kier molecular flexibility index (Phi) is 4.61. The van der Waals surface area contributed by atoms with Crippen LogP contribution in [0.4, 0.5) is 26.2 Å². The van der Waals surface area contributed by atoms with Crippen molar-refractivity contribution in [2.24, 2.45) is 0 Å². The van der Waals surface area contributed by atoms with Crippen molar-refractivity contribution in [3.8, 4) is 0 Å². The summed E-state index contributed by atoms with van der Waals surface area (Å²) in [5, 5.41) is 6.22. The average Bonchev–Trinajstić information content (AvgIpc) is 3.12. The lowest BCUT2D eigenvalue weighted by atomic mass is 10.1. The van der Waals surface area contributed by atoms with Crippen molar-refractivity contribution in [2.75, 3.05) is 30.8 Å². The number of imidazole rings is 1. The molecule has 1 fully saturated rings. The summed E-state index contributed by atoms with van der Waals surface area (Å²) in [6, 6.07) is 7.84. The fourth-order valence-corrected chi connectivity index (χ4v) is 3.24. The van der Waals surface area contributed by atoms with E-state index < -0.39 is 5.92 Å². The second-order valence-electron chi connectivity index (χ2n) is 6.70. The van der Waals surface area contributed by atoms with Gasteiger partial charge in [-0.05, 0) is 17.7 Å². The SMILES string of the molecule is CNc1nc(Nc2cccc(CN3CCC(F)(F)CC3)c2)nc2nc[nH]c12. The van der Waals surface area contributed by atoms with E-state index in [9.17, 15) is 8.78 Å². The van der Waals surface area contributed by atoms with Crippen LogP contribution in [0.5, 0.6) is 0 Å². The van der Waals surface area contributed by atoms with Crippen LogP contribution in [0.25, 0.3) is 11.2 Å². The number of H-pyrrole nitrogens is 1. The molecular formula is C18H21F2N7. The summed E-state index contributed by atoms with van der Waals surface area (Å²) in [4.78, 5) is 18.1. The maximum atomic E-state index is 13.3. The van der Waals surface area contributed by atoms with Gasteiger partial charge in [-0.15, -0.1) is 0 Å². The summed E-state index contributed by atoms with van der Waals surface area (Å²) in [5.74, 6) is -1.42. The second kappa shape index (κ2) is 7.07. The number of hydrogen-bond donors (Lipinski definition) is 3. The highest BCUT2D eigenvalue weighted by Crippen LogP contribution is 2.28. The zero-order valence-electron chi connectivity index (χ0n) is 15.0. The first-order valence-electron chi connectivity index (χ1n) is 8.87. The van der Waals surface area contributed by atoms with Gasteiger partial charge in [-0.1, -0.05) is 12.1 Å². The van der Waals surface area contributed by atoms with Gasteiger partial charge in [0.1, 0.15) is 5.52 Å². The third kappa shape index (κ3) is 3.97. The van der Waals surface area contributed by atoms with Gasteiger partial charge >= 0.3 is 0 Å². The highest BCUT2D eigenvalue weighted by Gasteiger charge is 2.33. The molecule has 0 unspecified atom stereocenters. The van der Waals surface area contributed by atoms with Crippen LogP contribution in [0.1, 0.15) is 18.4 Å². The number of anilines is 3. The number of fused-ring (bicyclic) bond motifs is 1. The van der Waals surface area contributed by atoms with Crippen molar-refractivity contribution in [1.29, 1.82) is 0 Å². The highest BCUT2D eigenvalue weighted by molar-refractivity contribution is 5.83. The maximum absolute atomic E-state index is 13.3. The molecule has 9 heteroatoms. The fourth-order valence-electron chi connectivity index (χ4n) is 3.24. The first-order valence-corrected chi connectivity index (χ1v) is 8.87. The molecule has 1 aliphatic heterocycles. The van der Waals surface area contributed by atoms with Gasteiger partial charge in [0, 0.05) is 45.2 Å². The molecule has 0 bridgehead atoms. The van der Waals surface area contributed by atoms with E-state index in [4.69, 9.17) is 0 Å². The predicted molar refractivity (Wildman–Crippen MR) is 100 cm³/mol. The molecule has 0 saturated carbocycles. The van der Waals surface area contributed by atoms with Gasteiger partial charge in [-0.2, -0.15) is 9.97 Å². The Hall–Kier alpha value is -2.81. The number of benzene rings is 1. The lowest BCUT2D eigenvalue weighted by Crippen LogP contribution is -2.38. The molecule has 1 aliphatic rings. The second-order valence-corrected chi connectivity index (χ2v) is 6.70. The normalized spacial score (nSPS) is 17.1. The molecule has 3 N–H and O–H groups in total. The molecule has 0 amide bonds. The van der Waals surface area contributed by atoms with Gasteiger partial charge in [0.15, 0.2) is 11.5 Å². The summed E-state index contributed by atoms with van der Waals surface area (Å²) >= 11 is 0. The Morgan fingerprint density at radius 1 is 1.22 bits per heavy atom. The average molecular weight is 373 g/mol. The molecule has 1 saturated heterocycles. The molecule has 3 heterocycles. The van der Waals surface area contributed by atoms with E-state index in [1.54, 1.807) is 13.4 Å². The monoisotopic (exact) mass is 373 g/mol. The van der Waals surface area contributed by atoms with Crippen molar-refractivity contribution in [3.63, 3.8) is 0 Å². The molecule has 2 aromatic heterocycles. The van der Waals surface area contributed by atoms with Crippen LogP contribution in [0.15, 0.2) is 30.6 Å². The van der Waals surface area contributed by atoms with Gasteiger partial charge in [-0.25, -0.2) is 13.8 Å². The number of halogens is 2. The van der Waals surface area contributed by atoms with E-state index in [1.807, 2.05) is 24.3 Å². The molecule has 0 spiro atoms. The predicted octanol–water partition coefficient (Wildman–Crippen LogP) is 3.37. The number of rotatable bonds is 5. The molecule has 7 nitrogen and oxygen atoms in total. The van der Waals surface area contributed by atoms with Gasteiger partial charge in [0.25, 0.3) is 5.92 Å². The molecule has 3 aromatic rings. The van der Waals surface area contributed by atoms with E-state index in [2.05, 4.69) is 35.5 Å². The fraction of sp³-hybridized carbons (Fsp3) is 0.389. The molecule has 0 atom stereocenters. The number of nitrogens with zero attached hydrogens (tertiary/aromatic N) is 4. The third-order valence-corrected chi connectivity index (χ3v) is 4.70. The smallest absolute Gasteiger partial charge is 0.250 e. The minimum atomic E-state index is -2.52. The number of hydrogen-bond acceptors (Lipinski definition) is 6. The summed E-state index contributed by atoms with van der Waals surface area (Å²) in [5.41, 5.74) is 3.22. The number of aromatic nitrogens is 4. The minimum absolute atomic E-state index is 0.0742. The largest absolute Gasteiger partial charge is 0.371 e. The van der Waals surface area contributed by atoms with Crippen LogP contribution >= 0.6 is 0 Å². The summed E-state index contributed by atoms with van der Waals surface area (Å²) < 4.78 is 26.6. The number of piperidine rings is 1.